The summed E-state index contributed by atoms with van der Waals surface area (Å²) in [6.07, 6.45) is 0. The smallest absolute Gasteiger partial charge is 0 e. The third-order valence-corrected chi connectivity index (χ3v) is 0. The van der Waals surface area contributed by atoms with Gasteiger partial charge in [-0.15, -0.1) is 0 Å². The zero-order valence-corrected chi connectivity index (χ0v) is 7.16. The first-order chi connectivity index (χ1) is 1.41. The molecule has 6 heavy (non-hydrogen) atoms. The molecular formula is H4Cl2N2Pd2-2. The summed E-state index contributed by atoms with van der Waals surface area (Å²) in [7, 11) is 9.63. The predicted molar refractivity (Wildman–Crippen MR) is 22.3 cm³/mol. The van der Waals surface area contributed by atoms with Gasteiger partial charge in [0, 0.05) is 20.4 Å². The predicted octanol–water partition coefficient (Wildman–Crippen LogP) is 2.81. The van der Waals surface area contributed by atoms with Gasteiger partial charge in [0.15, 0.2) is 0 Å². The number of hydrogen-bond acceptors (Lipinski definition) is 0. The van der Waals surface area contributed by atoms with Crippen molar-refractivity contribution in [1.29, 1.82) is 0 Å². The van der Waals surface area contributed by atoms with Crippen LogP contribution in [0.2, 0.25) is 0 Å². The quantitative estimate of drug-likeness (QED) is 0.617. The van der Waals surface area contributed by atoms with Crippen LogP contribution in [0.25, 0.3) is 12.3 Å². The Morgan fingerprint density at radius 2 is 1.00 bits per heavy atom. The maximum absolute atomic E-state index is 4.81. The fourth-order valence-corrected chi connectivity index (χ4v) is 0. The van der Waals surface area contributed by atoms with Crippen molar-refractivity contribution >= 4 is 19.1 Å². The maximum Gasteiger partial charge on any atom is 0 e. The molecule has 0 heterocycles. The molecule has 0 aromatic heterocycles. The minimum absolute atomic E-state index is 0. The first-order valence-corrected chi connectivity index (χ1v) is 4.24. The van der Waals surface area contributed by atoms with E-state index in [4.69, 9.17) is 19.1 Å². The molecular weight excluding hydrogens is 312 g/mol. The topological polar surface area (TPSA) is 67.0 Å². The molecule has 0 atom stereocenters. The molecule has 0 aromatic rings. The molecule has 0 aliphatic carbocycles. The van der Waals surface area contributed by atoms with Gasteiger partial charge in [-0.05, 0) is 0 Å². The minimum atomic E-state index is -0.106. The van der Waals surface area contributed by atoms with Gasteiger partial charge >= 0.3 is 35.0 Å². The second-order valence-corrected chi connectivity index (χ2v) is 2.41. The largest absolute Gasteiger partial charge is 0.693 e. The summed E-state index contributed by atoms with van der Waals surface area (Å²) in [5.41, 5.74) is 0. The fourth-order valence-electron chi connectivity index (χ4n) is 0. The molecule has 0 saturated heterocycles. The Balaban J connectivity index is -0.00000000667. The van der Waals surface area contributed by atoms with E-state index in [9.17, 15) is 0 Å². The van der Waals surface area contributed by atoms with Crippen molar-refractivity contribution in [3.8, 4) is 0 Å². The van der Waals surface area contributed by atoms with Crippen molar-refractivity contribution in [3.63, 3.8) is 0 Å². The number of nitrogens with two attached hydrogens (primary N) is 2. The molecule has 0 unspecified atom stereocenters. The molecule has 0 spiro atoms. The molecule has 0 bridgehead atoms. The van der Waals surface area contributed by atoms with Gasteiger partial charge in [0.25, 0.3) is 0 Å². The molecule has 50 valence electrons. The first kappa shape index (κ1) is 24.9. The Bertz CT molecular complexity index is 9.51. The van der Waals surface area contributed by atoms with E-state index in [2.05, 4.69) is 0 Å². The van der Waals surface area contributed by atoms with Crippen LogP contribution < -0.4 is 0 Å². The third kappa shape index (κ3) is 40.7. The molecule has 0 aromatic carbocycles. The zero-order chi connectivity index (χ0) is 2.71. The number of hydrogen-bond donors (Lipinski definition) is 0. The molecule has 4 N–H and O–H groups in total. The van der Waals surface area contributed by atoms with Crippen LogP contribution in [0.15, 0.2) is 0 Å². The molecule has 6 heteroatoms. The van der Waals surface area contributed by atoms with E-state index in [1.807, 2.05) is 0 Å². The molecule has 0 fully saturated rings. The first-order valence-electron chi connectivity index (χ1n) is 0.239. The summed E-state index contributed by atoms with van der Waals surface area (Å²) in [6, 6.07) is 0. The molecule has 0 amide bonds. The summed E-state index contributed by atoms with van der Waals surface area (Å²) < 4.78 is 0. The Morgan fingerprint density at radius 3 is 1.00 bits per heavy atom. The van der Waals surface area contributed by atoms with E-state index < -0.39 is 0 Å². The van der Waals surface area contributed by atoms with Crippen molar-refractivity contribution in [2.45, 2.75) is 0 Å². The average Bonchev–Trinajstić information content (AvgIpc) is 0.918. The summed E-state index contributed by atoms with van der Waals surface area (Å²) in [4.78, 5) is 0. The maximum atomic E-state index is 4.81. The van der Waals surface area contributed by atoms with E-state index in [1.165, 1.54) is 0 Å². The van der Waals surface area contributed by atoms with Crippen molar-refractivity contribution in [3.05, 3.63) is 12.3 Å². The van der Waals surface area contributed by atoms with Gasteiger partial charge in [-0.2, -0.15) is 0 Å². The van der Waals surface area contributed by atoms with Gasteiger partial charge in [-0.25, -0.2) is 0 Å². The summed E-state index contributed by atoms with van der Waals surface area (Å²) >= 11 is -0.106. The monoisotopic (exact) mass is 314 g/mol. The van der Waals surface area contributed by atoms with Crippen LogP contribution >= 0.6 is 19.1 Å². The summed E-state index contributed by atoms with van der Waals surface area (Å²) in [5, 5.41) is 0. The van der Waals surface area contributed by atoms with Crippen LogP contribution in [0.4, 0.5) is 0 Å². The SMILES string of the molecule is [Cl][Pd][Cl].[NH2-].[NH2-].[Pd]. The van der Waals surface area contributed by atoms with Crippen LogP contribution in [-0.2, 0) is 36.4 Å². The number of halogens is 2. The third-order valence-electron chi connectivity index (χ3n) is 0. The fraction of sp³-hybridized carbons (Fsp3) is 0. The van der Waals surface area contributed by atoms with Gasteiger partial charge in [-0.3, -0.25) is 0 Å². The van der Waals surface area contributed by atoms with E-state index in [-0.39, 0.29) is 48.7 Å². The standard InChI is InChI=1S/2ClH.2H2N.2Pd/h2*1H;2*1H2;;/q;;2*-1;;+2/p-2. The van der Waals surface area contributed by atoms with Crippen molar-refractivity contribution in [2.24, 2.45) is 0 Å². The van der Waals surface area contributed by atoms with E-state index in [0.29, 0.717) is 0 Å². The Kier molecular flexibility index (Phi) is 120. The Morgan fingerprint density at radius 1 is 1.00 bits per heavy atom. The van der Waals surface area contributed by atoms with Crippen molar-refractivity contribution in [1.82, 2.24) is 0 Å². The number of rotatable bonds is 0. The van der Waals surface area contributed by atoms with Crippen LogP contribution in [-0.4, -0.2) is 0 Å². The van der Waals surface area contributed by atoms with Crippen molar-refractivity contribution < 1.29 is 36.4 Å². The molecule has 2 nitrogen and oxygen atoms in total. The van der Waals surface area contributed by atoms with Crippen LogP contribution in [0.5, 0.6) is 0 Å². The van der Waals surface area contributed by atoms with Gasteiger partial charge < -0.3 is 12.3 Å². The summed E-state index contributed by atoms with van der Waals surface area (Å²) in [5.74, 6) is 0. The van der Waals surface area contributed by atoms with Crippen LogP contribution in [0.1, 0.15) is 0 Å². The zero-order valence-electron chi connectivity index (χ0n) is 2.54. The van der Waals surface area contributed by atoms with Gasteiger partial charge in [0.1, 0.15) is 0 Å². The average molecular weight is 316 g/mol. The molecule has 0 aliphatic heterocycles. The van der Waals surface area contributed by atoms with E-state index in [0.717, 1.165) is 0 Å². The molecule has 0 radical (unpaired) electrons. The summed E-state index contributed by atoms with van der Waals surface area (Å²) in [6.45, 7) is 0. The Hall–Kier alpha value is 1.82. The normalized spacial score (nSPS) is 3.67. The van der Waals surface area contributed by atoms with Gasteiger partial charge in [0.05, 0.1) is 0 Å². The molecule has 0 rings (SSSR count). The molecule has 0 saturated carbocycles. The van der Waals surface area contributed by atoms with Gasteiger partial charge in [0.2, 0.25) is 0 Å². The second-order valence-electron chi connectivity index (χ2n) is 0.0452. The van der Waals surface area contributed by atoms with Crippen molar-refractivity contribution in [2.75, 3.05) is 0 Å². The van der Waals surface area contributed by atoms with E-state index in [1.54, 1.807) is 0 Å². The molecule has 0 aliphatic rings. The van der Waals surface area contributed by atoms with Crippen LogP contribution in [0.3, 0.4) is 0 Å². The Labute approximate surface area is 67.3 Å². The van der Waals surface area contributed by atoms with Crippen LogP contribution in [0, 0.1) is 0 Å². The minimum Gasteiger partial charge on any atom is -0.693 e. The van der Waals surface area contributed by atoms with E-state index >= 15 is 0 Å². The second kappa shape index (κ2) is 29.0. The van der Waals surface area contributed by atoms with Gasteiger partial charge in [-0.1, -0.05) is 0 Å².